The molecule has 9 nitrogen and oxygen atoms in total. The number of ether oxygens (including phenoxy) is 3. The van der Waals surface area contributed by atoms with E-state index in [1.807, 2.05) is 0 Å². The molecule has 0 amide bonds. The highest BCUT2D eigenvalue weighted by Gasteiger charge is 2.71. The van der Waals surface area contributed by atoms with Gasteiger partial charge in [0.05, 0.1) is 23.4 Å². The van der Waals surface area contributed by atoms with E-state index in [1.165, 1.54) is 11.8 Å². The standard InChI is InChI=1S/C18H23F3O9S2/c19-8(18(20,21)32(25,26)27)3-6-28-9(22)7-29-12-13-14-10(16(23)30-13)11(15(12)31-14)17(24)4-1-2-5-17/h8,10-15,24H,1-7H2,(H,25,26,27)/p-1. The van der Waals surface area contributed by atoms with Crippen molar-refractivity contribution in [2.24, 2.45) is 11.8 Å². The summed E-state index contributed by atoms with van der Waals surface area (Å²) in [5, 5.41) is 5.52. The minimum absolute atomic E-state index is 0.188. The van der Waals surface area contributed by atoms with E-state index in [-0.39, 0.29) is 16.4 Å². The van der Waals surface area contributed by atoms with Gasteiger partial charge in [0.15, 0.2) is 16.3 Å². The van der Waals surface area contributed by atoms with Crippen LogP contribution >= 0.6 is 11.8 Å². The molecule has 0 radical (unpaired) electrons. The normalized spacial score (nSPS) is 36.3. The molecule has 3 saturated heterocycles. The lowest BCUT2D eigenvalue weighted by molar-refractivity contribution is -0.156. The van der Waals surface area contributed by atoms with Gasteiger partial charge in [0, 0.05) is 17.6 Å². The Morgan fingerprint density at radius 2 is 2.00 bits per heavy atom. The molecule has 4 fully saturated rings. The van der Waals surface area contributed by atoms with Crippen molar-refractivity contribution in [2.75, 3.05) is 13.2 Å². The van der Waals surface area contributed by atoms with Crippen LogP contribution in [0, 0.1) is 11.8 Å². The van der Waals surface area contributed by atoms with E-state index in [2.05, 4.69) is 4.74 Å². The number of carbonyl (C=O) groups excluding carboxylic acids is 2. The third kappa shape index (κ3) is 3.91. The largest absolute Gasteiger partial charge is 0.743 e. The zero-order valence-electron chi connectivity index (χ0n) is 16.7. The fraction of sp³-hybridized carbons (Fsp3) is 0.889. The van der Waals surface area contributed by atoms with Crippen LogP contribution in [0.1, 0.15) is 32.1 Å². The van der Waals surface area contributed by atoms with E-state index in [4.69, 9.17) is 9.47 Å². The highest BCUT2D eigenvalue weighted by molar-refractivity contribution is 8.01. The van der Waals surface area contributed by atoms with Gasteiger partial charge in [-0.3, -0.25) is 4.79 Å². The number of aliphatic hydroxyl groups is 1. The second-order valence-corrected chi connectivity index (χ2v) is 11.4. The molecule has 2 bridgehead atoms. The number of rotatable bonds is 9. The van der Waals surface area contributed by atoms with E-state index in [9.17, 15) is 40.8 Å². The maximum atomic E-state index is 13.4. The molecule has 1 aliphatic carbocycles. The third-order valence-electron chi connectivity index (χ3n) is 6.72. The number of halogens is 3. The minimum atomic E-state index is -6.19. The van der Waals surface area contributed by atoms with Crippen LogP contribution in [0.15, 0.2) is 0 Å². The fourth-order valence-corrected chi connectivity index (χ4v) is 7.87. The highest BCUT2D eigenvalue weighted by Crippen LogP contribution is 2.63. The Morgan fingerprint density at radius 1 is 1.34 bits per heavy atom. The smallest absolute Gasteiger partial charge is 0.364 e. The van der Waals surface area contributed by atoms with Crippen LogP contribution in [0.25, 0.3) is 0 Å². The average molecular weight is 503 g/mol. The first-order valence-electron chi connectivity index (χ1n) is 10.2. The van der Waals surface area contributed by atoms with Gasteiger partial charge in [-0.15, -0.1) is 11.8 Å². The van der Waals surface area contributed by atoms with E-state index in [0.29, 0.717) is 12.8 Å². The monoisotopic (exact) mass is 503 g/mol. The van der Waals surface area contributed by atoms with Crippen LogP contribution in [0.4, 0.5) is 13.2 Å². The zero-order chi connectivity index (χ0) is 23.5. The van der Waals surface area contributed by atoms with Gasteiger partial charge in [0.1, 0.15) is 18.8 Å². The van der Waals surface area contributed by atoms with Gasteiger partial charge in [-0.05, 0) is 12.8 Å². The van der Waals surface area contributed by atoms with Gasteiger partial charge in [-0.1, -0.05) is 12.8 Å². The predicted octanol–water partition coefficient (Wildman–Crippen LogP) is 0.741. The van der Waals surface area contributed by atoms with E-state index in [1.54, 1.807) is 0 Å². The van der Waals surface area contributed by atoms with Gasteiger partial charge in [-0.2, -0.15) is 8.78 Å². The Bertz CT molecular complexity index is 877. The first-order chi connectivity index (χ1) is 14.9. The third-order valence-corrected chi connectivity index (χ3v) is 9.39. The average Bonchev–Trinajstić information content (AvgIpc) is 3.42. The number of carbonyl (C=O) groups is 2. The summed E-state index contributed by atoms with van der Waals surface area (Å²) in [5.74, 6) is -2.20. The van der Waals surface area contributed by atoms with Crippen molar-refractivity contribution in [1.29, 1.82) is 0 Å². The Labute approximate surface area is 186 Å². The molecule has 3 heterocycles. The van der Waals surface area contributed by atoms with E-state index < -0.39 is 76.8 Å². The van der Waals surface area contributed by atoms with Crippen molar-refractivity contribution < 1.29 is 55.0 Å². The Kier molecular flexibility index (Phi) is 6.23. The lowest BCUT2D eigenvalue weighted by atomic mass is 9.69. The summed E-state index contributed by atoms with van der Waals surface area (Å²) in [5.41, 5.74) is -1.00. The van der Waals surface area contributed by atoms with Gasteiger partial charge in [-0.25, -0.2) is 17.6 Å². The summed E-state index contributed by atoms with van der Waals surface area (Å²) in [6, 6.07) is 0. The van der Waals surface area contributed by atoms with Crippen LogP contribution in [-0.4, -0.2) is 83.0 Å². The molecular formula is C18H22F3O9S2-. The molecule has 0 aromatic rings. The summed E-state index contributed by atoms with van der Waals surface area (Å²) in [6.07, 6.45) is -2.94. The second-order valence-electron chi connectivity index (χ2n) is 8.60. The number of alkyl halides is 3. The molecule has 32 heavy (non-hydrogen) atoms. The van der Waals surface area contributed by atoms with Crippen LogP contribution in [0.5, 0.6) is 0 Å². The minimum Gasteiger partial charge on any atom is -0.743 e. The van der Waals surface area contributed by atoms with Crippen LogP contribution in [0.2, 0.25) is 0 Å². The summed E-state index contributed by atoms with van der Waals surface area (Å²) >= 11 is 1.49. The maximum Gasteiger partial charge on any atom is 0.364 e. The molecule has 0 spiro atoms. The number of hydrogen-bond acceptors (Lipinski definition) is 10. The Hall–Kier alpha value is -1.09. The van der Waals surface area contributed by atoms with Gasteiger partial charge in [0.25, 0.3) is 0 Å². The summed E-state index contributed by atoms with van der Waals surface area (Å²) < 4.78 is 86.5. The molecule has 4 aliphatic rings. The lowest BCUT2D eigenvalue weighted by Gasteiger charge is -2.39. The first kappa shape index (κ1) is 24.0. The molecule has 3 aliphatic heterocycles. The molecule has 182 valence electrons. The molecule has 1 N–H and O–H groups in total. The van der Waals surface area contributed by atoms with E-state index in [0.717, 1.165) is 12.8 Å². The number of thioether (sulfide) groups is 1. The fourth-order valence-electron chi connectivity index (χ4n) is 5.28. The van der Waals surface area contributed by atoms with Crippen molar-refractivity contribution in [3.05, 3.63) is 0 Å². The molecule has 4 rings (SSSR count). The lowest BCUT2D eigenvalue weighted by Crippen LogP contribution is -2.53. The summed E-state index contributed by atoms with van der Waals surface area (Å²) in [6.45, 7) is -1.52. The van der Waals surface area contributed by atoms with Gasteiger partial charge in [0.2, 0.25) is 0 Å². The van der Waals surface area contributed by atoms with Crippen LogP contribution in [-0.2, 0) is 33.9 Å². The van der Waals surface area contributed by atoms with Crippen molar-refractivity contribution in [2.45, 2.75) is 71.8 Å². The SMILES string of the molecule is O=C(COC1C2OC(=O)C3C2SC1C3C1(O)CCCC1)OCCC(F)C(F)(F)S(=O)(=O)[O-]. The Morgan fingerprint density at radius 3 is 2.62 bits per heavy atom. The molecule has 0 aromatic heterocycles. The molecule has 7 atom stereocenters. The topological polar surface area (TPSA) is 139 Å². The van der Waals surface area contributed by atoms with Crippen molar-refractivity contribution >= 4 is 33.8 Å². The molecule has 1 saturated carbocycles. The van der Waals surface area contributed by atoms with Crippen LogP contribution in [0.3, 0.4) is 0 Å². The molecule has 14 heteroatoms. The van der Waals surface area contributed by atoms with Crippen molar-refractivity contribution in [3.63, 3.8) is 0 Å². The molecule has 7 unspecified atom stereocenters. The predicted molar refractivity (Wildman–Crippen MR) is 100 cm³/mol. The Balaban J connectivity index is 1.31. The first-order valence-corrected chi connectivity index (χ1v) is 12.5. The summed E-state index contributed by atoms with van der Waals surface area (Å²) in [4.78, 5) is 24.3. The van der Waals surface area contributed by atoms with Crippen LogP contribution < -0.4 is 0 Å². The van der Waals surface area contributed by atoms with Gasteiger partial charge >= 0.3 is 17.2 Å². The second kappa shape index (κ2) is 8.29. The van der Waals surface area contributed by atoms with E-state index >= 15 is 0 Å². The number of hydrogen-bond donors (Lipinski definition) is 1. The summed E-state index contributed by atoms with van der Waals surface area (Å²) in [7, 11) is -6.19. The van der Waals surface area contributed by atoms with Crippen molar-refractivity contribution in [3.8, 4) is 0 Å². The molecular weight excluding hydrogens is 481 g/mol. The quantitative estimate of drug-likeness (QED) is 0.354. The maximum absolute atomic E-state index is 13.4. The molecule has 0 aromatic carbocycles. The van der Waals surface area contributed by atoms with Gasteiger partial charge < -0.3 is 23.9 Å². The van der Waals surface area contributed by atoms with Crippen molar-refractivity contribution in [1.82, 2.24) is 0 Å². The zero-order valence-corrected chi connectivity index (χ0v) is 18.3. The number of fused-ring (bicyclic) bond motifs is 1. The number of esters is 2. The highest BCUT2D eigenvalue weighted by atomic mass is 32.2.